The summed E-state index contributed by atoms with van der Waals surface area (Å²) in [5.74, 6) is 0.569. The average Bonchev–Trinajstić information content (AvgIpc) is 2.44. The van der Waals surface area contributed by atoms with Crippen molar-refractivity contribution < 1.29 is 4.74 Å². The Hall–Kier alpha value is -2.41. The van der Waals surface area contributed by atoms with E-state index in [4.69, 9.17) is 22.7 Å². The zero-order valence-electron chi connectivity index (χ0n) is 11.5. The number of nitrogens with zero attached hydrogens (tertiary/aromatic N) is 1. The Labute approximate surface area is 126 Å². The Balaban J connectivity index is 2.09. The maximum Gasteiger partial charge on any atom is 0.328 e. The molecule has 0 saturated carbocycles. The molecule has 21 heavy (non-hydrogen) atoms. The summed E-state index contributed by atoms with van der Waals surface area (Å²) in [5.41, 5.74) is 5.90. The number of ether oxygens (including phenoxy) is 1. The first-order valence-electron chi connectivity index (χ1n) is 6.31. The summed E-state index contributed by atoms with van der Waals surface area (Å²) < 4.78 is 7.00. The van der Waals surface area contributed by atoms with Crippen molar-refractivity contribution >= 4 is 17.2 Å². The van der Waals surface area contributed by atoms with Gasteiger partial charge in [-0.05, 0) is 19.1 Å². The van der Waals surface area contributed by atoms with Gasteiger partial charge >= 0.3 is 5.69 Å². The van der Waals surface area contributed by atoms with Crippen LogP contribution < -0.4 is 21.7 Å². The van der Waals surface area contributed by atoms with Crippen molar-refractivity contribution in [3.8, 4) is 5.75 Å². The normalized spacial score (nSPS) is 10.3. The quantitative estimate of drug-likeness (QED) is 0.788. The number of aromatic nitrogens is 2. The van der Waals surface area contributed by atoms with Crippen LogP contribution in [-0.2, 0) is 6.54 Å². The molecule has 1 aromatic carbocycles. The molecule has 2 rings (SSSR count). The first kappa shape index (κ1) is 15.0. The van der Waals surface area contributed by atoms with E-state index in [1.54, 1.807) is 19.1 Å². The van der Waals surface area contributed by atoms with Crippen LogP contribution in [0.1, 0.15) is 11.1 Å². The Kier molecular flexibility index (Phi) is 4.54. The van der Waals surface area contributed by atoms with Crippen LogP contribution in [0.2, 0.25) is 0 Å². The zero-order chi connectivity index (χ0) is 15.4. The van der Waals surface area contributed by atoms with E-state index in [9.17, 15) is 9.59 Å². The molecule has 110 valence electrons. The number of rotatable bonds is 5. The van der Waals surface area contributed by atoms with E-state index in [1.807, 2.05) is 12.1 Å². The molecule has 0 spiro atoms. The monoisotopic (exact) mass is 305 g/mol. The van der Waals surface area contributed by atoms with Gasteiger partial charge in [-0.3, -0.25) is 14.3 Å². The highest BCUT2D eigenvalue weighted by molar-refractivity contribution is 7.80. The number of nitrogens with two attached hydrogens (primary N) is 1. The van der Waals surface area contributed by atoms with Gasteiger partial charge in [0.15, 0.2) is 0 Å². The number of thiocarbonyl (C=S) groups is 1. The van der Waals surface area contributed by atoms with Crippen LogP contribution in [0.25, 0.3) is 0 Å². The predicted molar refractivity (Wildman–Crippen MR) is 83.9 cm³/mol. The molecular weight excluding hydrogens is 290 g/mol. The van der Waals surface area contributed by atoms with Crippen LogP contribution >= 0.6 is 12.2 Å². The molecule has 2 aromatic rings. The second-order valence-electron chi connectivity index (χ2n) is 4.47. The second-order valence-corrected chi connectivity index (χ2v) is 4.91. The largest absolute Gasteiger partial charge is 0.491 e. The number of benzene rings is 1. The molecule has 0 fully saturated rings. The highest BCUT2D eigenvalue weighted by Crippen LogP contribution is 2.17. The lowest BCUT2D eigenvalue weighted by Crippen LogP contribution is -2.32. The van der Waals surface area contributed by atoms with Gasteiger partial charge in [0.05, 0.1) is 12.1 Å². The lowest BCUT2D eigenvalue weighted by Gasteiger charge is -2.11. The van der Waals surface area contributed by atoms with E-state index in [2.05, 4.69) is 4.98 Å². The van der Waals surface area contributed by atoms with Crippen molar-refractivity contribution in [2.45, 2.75) is 13.5 Å². The summed E-state index contributed by atoms with van der Waals surface area (Å²) in [5, 5.41) is 0. The smallest absolute Gasteiger partial charge is 0.328 e. The third kappa shape index (κ3) is 3.57. The van der Waals surface area contributed by atoms with Crippen LogP contribution in [0.15, 0.2) is 40.1 Å². The van der Waals surface area contributed by atoms with Crippen molar-refractivity contribution in [1.29, 1.82) is 0 Å². The van der Waals surface area contributed by atoms with Crippen molar-refractivity contribution in [2.24, 2.45) is 5.73 Å². The van der Waals surface area contributed by atoms with Crippen LogP contribution in [0.3, 0.4) is 0 Å². The van der Waals surface area contributed by atoms with E-state index in [1.165, 1.54) is 10.8 Å². The fourth-order valence-corrected chi connectivity index (χ4v) is 2.00. The number of H-pyrrole nitrogens is 1. The van der Waals surface area contributed by atoms with Gasteiger partial charge in [-0.2, -0.15) is 0 Å². The van der Waals surface area contributed by atoms with Gasteiger partial charge < -0.3 is 10.5 Å². The summed E-state index contributed by atoms with van der Waals surface area (Å²) in [7, 11) is 0. The summed E-state index contributed by atoms with van der Waals surface area (Å²) in [4.78, 5) is 25.4. The van der Waals surface area contributed by atoms with Crippen LogP contribution in [0.5, 0.6) is 5.75 Å². The van der Waals surface area contributed by atoms with Crippen LogP contribution in [-0.4, -0.2) is 21.1 Å². The molecular formula is C14H15N3O3S. The van der Waals surface area contributed by atoms with Crippen molar-refractivity contribution in [2.75, 3.05) is 6.61 Å². The van der Waals surface area contributed by atoms with E-state index >= 15 is 0 Å². The van der Waals surface area contributed by atoms with Gasteiger partial charge in [0.2, 0.25) is 0 Å². The van der Waals surface area contributed by atoms with Crippen LogP contribution in [0.4, 0.5) is 0 Å². The molecule has 7 heteroatoms. The fourth-order valence-electron chi connectivity index (χ4n) is 1.83. The molecule has 3 N–H and O–H groups in total. The van der Waals surface area contributed by atoms with E-state index in [0.29, 0.717) is 23.4 Å². The number of aromatic amines is 1. The molecule has 0 bridgehead atoms. The third-order valence-electron chi connectivity index (χ3n) is 2.93. The number of nitrogens with one attached hydrogen (secondary N) is 1. The number of aryl methyl sites for hydroxylation is 1. The second kappa shape index (κ2) is 6.36. The highest BCUT2D eigenvalue weighted by atomic mass is 32.1. The SMILES string of the molecule is Cc1cn(CCOc2ccccc2C(N)=S)c(=O)[nH]c1=O. The van der Waals surface area contributed by atoms with Crippen LogP contribution in [0, 0.1) is 6.92 Å². The minimum absolute atomic E-state index is 0.252. The van der Waals surface area contributed by atoms with Crippen molar-refractivity contribution in [3.05, 3.63) is 62.4 Å². The van der Waals surface area contributed by atoms with Crippen molar-refractivity contribution in [1.82, 2.24) is 9.55 Å². The molecule has 0 aliphatic rings. The molecule has 0 aliphatic heterocycles. The molecule has 1 heterocycles. The molecule has 6 nitrogen and oxygen atoms in total. The van der Waals surface area contributed by atoms with Crippen molar-refractivity contribution in [3.63, 3.8) is 0 Å². The molecule has 0 saturated heterocycles. The van der Waals surface area contributed by atoms with E-state index < -0.39 is 5.69 Å². The molecule has 0 radical (unpaired) electrons. The summed E-state index contributed by atoms with van der Waals surface area (Å²) >= 11 is 4.95. The minimum Gasteiger partial charge on any atom is -0.491 e. The molecule has 0 atom stereocenters. The van der Waals surface area contributed by atoms with Gasteiger partial charge in [0.1, 0.15) is 17.3 Å². The minimum atomic E-state index is -0.461. The lowest BCUT2D eigenvalue weighted by molar-refractivity contribution is 0.294. The first-order chi connectivity index (χ1) is 9.99. The maximum atomic E-state index is 11.6. The molecule has 0 aliphatic carbocycles. The average molecular weight is 305 g/mol. The number of para-hydroxylation sites is 1. The number of hydrogen-bond acceptors (Lipinski definition) is 4. The van der Waals surface area contributed by atoms with Gasteiger partial charge in [-0.15, -0.1) is 0 Å². The maximum absolute atomic E-state index is 11.6. The van der Waals surface area contributed by atoms with E-state index in [-0.39, 0.29) is 17.2 Å². The molecule has 1 aromatic heterocycles. The van der Waals surface area contributed by atoms with Gasteiger partial charge in [-0.1, -0.05) is 24.4 Å². The predicted octanol–water partition coefficient (Wildman–Crippen LogP) is 0.558. The Bertz CT molecular complexity index is 780. The van der Waals surface area contributed by atoms with Gasteiger partial charge in [0, 0.05) is 11.8 Å². The molecule has 0 unspecified atom stereocenters. The summed E-state index contributed by atoms with van der Waals surface area (Å²) in [6.45, 7) is 2.20. The Morgan fingerprint density at radius 1 is 1.38 bits per heavy atom. The van der Waals surface area contributed by atoms with E-state index in [0.717, 1.165) is 0 Å². The molecule has 0 amide bonds. The number of hydrogen-bond donors (Lipinski definition) is 2. The highest BCUT2D eigenvalue weighted by Gasteiger charge is 2.06. The topological polar surface area (TPSA) is 90.1 Å². The lowest BCUT2D eigenvalue weighted by atomic mass is 10.2. The Morgan fingerprint density at radius 2 is 2.10 bits per heavy atom. The Morgan fingerprint density at radius 3 is 2.81 bits per heavy atom. The van der Waals surface area contributed by atoms with Gasteiger partial charge in [0.25, 0.3) is 5.56 Å². The first-order valence-corrected chi connectivity index (χ1v) is 6.72. The fraction of sp³-hybridized carbons (Fsp3) is 0.214. The van der Waals surface area contributed by atoms with Gasteiger partial charge in [-0.25, -0.2) is 4.79 Å². The standard InChI is InChI=1S/C14H15N3O3S/c1-9-8-17(14(19)16-13(9)18)6-7-20-11-5-3-2-4-10(11)12(15)21/h2-5,8H,6-7H2,1H3,(H2,15,21)(H,16,18,19). The summed E-state index contributed by atoms with van der Waals surface area (Å²) in [6, 6.07) is 7.16. The zero-order valence-corrected chi connectivity index (χ0v) is 12.3. The third-order valence-corrected chi connectivity index (χ3v) is 3.15. The summed E-state index contributed by atoms with van der Waals surface area (Å²) in [6.07, 6.45) is 1.50.